The molecule has 0 bridgehead atoms. The van der Waals surface area contributed by atoms with Crippen LogP contribution >= 0.6 is 0 Å². The van der Waals surface area contributed by atoms with E-state index in [4.69, 9.17) is 4.74 Å². The number of benzene rings is 2. The third-order valence-corrected chi connectivity index (χ3v) is 5.15. The number of anilines is 1. The maximum absolute atomic E-state index is 12.6. The topological polar surface area (TPSA) is 116 Å². The highest BCUT2D eigenvalue weighted by Crippen LogP contribution is 2.29. The van der Waals surface area contributed by atoms with E-state index >= 15 is 0 Å². The van der Waals surface area contributed by atoms with Crippen molar-refractivity contribution >= 4 is 21.4 Å². The number of nitrogens with one attached hydrogen (secondary N) is 1. The zero-order valence-corrected chi connectivity index (χ0v) is 15.1. The van der Waals surface area contributed by atoms with Crippen molar-refractivity contribution in [2.45, 2.75) is 11.4 Å². The van der Waals surface area contributed by atoms with Gasteiger partial charge in [0.2, 0.25) is 0 Å². The number of nitro benzene ring substituents is 1. The number of nitrogens with zero attached hydrogens (tertiary/aromatic N) is 3. The first kappa shape index (κ1) is 18.4. The molecule has 3 rings (SSSR count). The van der Waals surface area contributed by atoms with Gasteiger partial charge in [0, 0.05) is 6.20 Å². The van der Waals surface area contributed by atoms with E-state index in [0.717, 1.165) is 17.7 Å². The minimum absolute atomic E-state index is 0.191. The molecule has 0 fully saturated rings. The molecule has 0 amide bonds. The second kappa shape index (κ2) is 7.46. The highest BCUT2D eigenvalue weighted by atomic mass is 32.2. The fraction of sp³-hybridized carbons (Fsp3) is 0.118. The number of aromatic nitrogens is 2. The van der Waals surface area contributed by atoms with E-state index in [1.807, 2.05) is 30.3 Å². The van der Waals surface area contributed by atoms with E-state index in [2.05, 4.69) is 9.82 Å². The number of methoxy groups -OCH3 is 1. The van der Waals surface area contributed by atoms with Crippen LogP contribution in [0.25, 0.3) is 0 Å². The zero-order chi connectivity index (χ0) is 19.4. The van der Waals surface area contributed by atoms with Gasteiger partial charge in [-0.05, 0) is 17.7 Å². The van der Waals surface area contributed by atoms with Crippen molar-refractivity contribution in [2.24, 2.45) is 0 Å². The summed E-state index contributed by atoms with van der Waals surface area (Å²) in [5.41, 5.74) is 0.635. The average molecular weight is 388 g/mol. The van der Waals surface area contributed by atoms with Crippen LogP contribution in [0.4, 0.5) is 11.4 Å². The van der Waals surface area contributed by atoms with Gasteiger partial charge in [0.05, 0.1) is 36.5 Å². The molecule has 1 heterocycles. The van der Waals surface area contributed by atoms with Gasteiger partial charge < -0.3 is 4.74 Å². The number of nitro groups is 1. The van der Waals surface area contributed by atoms with Gasteiger partial charge in [-0.1, -0.05) is 30.3 Å². The lowest BCUT2D eigenvalue weighted by Crippen LogP contribution is -2.14. The number of hydrogen-bond acceptors (Lipinski definition) is 6. The minimum Gasteiger partial charge on any atom is -0.497 e. The SMILES string of the molecule is COc1ccc(S(=O)(=O)Nc2cnn(Cc3ccccc3)c2)c([N+](=O)[O-])c1. The largest absolute Gasteiger partial charge is 0.497 e. The van der Waals surface area contributed by atoms with Gasteiger partial charge in [-0.3, -0.25) is 19.5 Å². The minimum atomic E-state index is -4.17. The summed E-state index contributed by atoms with van der Waals surface area (Å²) in [7, 11) is -2.83. The normalized spacial score (nSPS) is 11.1. The summed E-state index contributed by atoms with van der Waals surface area (Å²) in [6.07, 6.45) is 2.86. The molecule has 0 unspecified atom stereocenters. The molecular formula is C17H16N4O5S. The van der Waals surface area contributed by atoms with Crippen molar-refractivity contribution in [2.75, 3.05) is 11.8 Å². The molecule has 0 radical (unpaired) electrons. The Morgan fingerprint density at radius 2 is 1.96 bits per heavy atom. The molecule has 140 valence electrons. The van der Waals surface area contributed by atoms with Gasteiger partial charge in [0.15, 0.2) is 4.90 Å². The van der Waals surface area contributed by atoms with E-state index in [9.17, 15) is 18.5 Å². The smallest absolute Gasteiger partial charge is 0.293 e. The van der Waals surface area contributed by atoms with Crippen LogP contribution in [-0.2, 0) is 16.6 Å². The summed E-state index contributed by atoms with van der Waals surface area (Å²) in [6, 6.07) is 13.1. The first-order valence-electron chi connectivity index (χ1n) is 7.80. The third-order valence-electron chi connectivity index (χ3n) is 3.73. The molecule has 10 heteroatoms. The van der Waals surface area contributed by atoms with Crippen LogP contribution in [0.2, 0.25) is 0 Å². The third kappa shape index (κ3) is 4.23. The molecule has 3 aromatic rings. The van der Waals surface area contributed by atoms with Gasteiger partial charge in [-0.25, -0.2) is 8.42 Å². The first-order valence-corrected chi connectivity index (χ1v) is 9.29. The van der Waals surface area contributed by atoms with Crippen LogP contribution in [0, 0.1) is 10.1 Å². The van der Waals surface area contributed by atoms with E-state index < -0.39 is 25.5 Å². The molecule has 1 aromatic heterocycles. The van der Waals surface area contributed by atoms with Crippen LogP contribution in [0.15, 0.2) is 65.8 Å². The fourth-order valence-electron chi connectivity index (χ4n) is 2.48. The van der Waals surface area contributed by atoms with Crippen LogP contribution in [-0.4, -0.2) is 30.2 Å². The van der Waals surface area contributed by atoms with E-state index in [0.29, 0.717) is 6.54 Å². The van der Waals surface area contributed by atoms with Crippen LogP contribution in [0.1, 0.15) is 5.56 Å². The van der Waals surface area contributed by atoms with Gasteiger partial charge >= 0.3 is 0 Å². The molecule has 0 saturated carbocycles. The summed E-state index contributed by atoms with van der Waals surface area (Å²) in [5.74, 6) is 0.191. The zero-order valence-electron chi connectivity index (χ0n) is 14.3. The Bertz CT molecular complexity index is 1060. The molecule has 2 aromatic carbocycles. The lowest BCUT2D eigenvalue weighted by molar-refractivity contribution is -0.387. The Kier molecular flexibility index (Phi) is 5.08. The van der Waals surface area contributed by atoms with Crippen molar-refractivity contribution in [3.63, 3.8) is 0 Å². The van der Waals surface area contributed by atoms with Gasteiger partial charge in [0.1, 0.15) is 5.75 Å². The number of rotatable bonds is 7. The highest BCUT2D eigenvalue weighted by molar-refractivity contribution is 7.92. The Hall–Kier alpha value is -3.40. The standard InChI is InChI=1S/C17H16N4O5S/c1-26-15-7-8-17(16(9-15)21(22)23)27(24,25)19-14-10-18-20(12-14)11-13-5-3-2-4-6-13/h2-10,12,19H,11H2,1H3. The van der Waals surface area contributed by atoms with Crippen LogP contribution in [0.3, 0.4) is 0 Å². The summed E-state index contributed by atoms with van der Waals surface area (Å²) in [6.45, 7) is 0.464. The second-order valence-corrected chi connectivity index (χ2v) is 7.26. The first-order chi connectivity index (χ1) is 12.9. The lowest BCUT2D eigenvalue weighted by Gasteiger charge is -2.08. The highest BCUT2D eigenvalue weighted by Gasteiger charge is 2.27. The van der Waals surface area contributed by atoms with Gasteiger partial charge in [-0.15, -0.1) is 0 Å². The second-order valence-electron chi connectivity index (χ2n) is 5.61. The molecule has 0 saturated heterocycles. The Morgan fingerprint density at radius 1 is 1.22 bits per heavy atom. The van der Waals surface area contributed by atoms with Gasteiger partial charge in [0.25, 0.3) is 15.7 Å². The van der Waals surface area contributed by atoms with E-state index in [-0.39, 0.29) is 11.4 Å². The van der Waals surface area contributed by atoms with E-state index in [1.165, 1.54) is 25.6 Å². The Morgan fingerprint density at radius 3 is 2.63 bits per heavy atom. The van der Waals surface area contributed by atoms with Gasteiger partial charge in [-0.2, -0.15) is 5.10 Å². The molecular weight excluding hydrogens is 372 g/mol. The lowest BCUT2D eigenvalue weighted by atomic mass is 10.2. The molecule has 0 atom stereocenters. The van der Waals surface area contributed by atoms with Crippen molar-refractivity contribution in [1.29, 1.82) is 0 Å². The molecule has 0 aliphatic carbocycles. The summed E-state index contributed by atoms with van der Waals surface area (Å²) in [4.78, 5) is 10.0. The molecule has 0 spiro atoms. The predicted octanol–water partition coefficient (Wildman–Crippen LogP) is 2.65. The number of hydrogen-bond donors (Lipinski definition) is 1. The van der Waals surface area contributed by atoms with E-state index in [1.54, 1.807) is 4.68 Å². The number of sulfonamides is 1. The Labute approximate surface area is 155 Å². The van der Waals surface area contributed by atoms with Crippen LogP contribution < -0.4 is 9.46 Å². The maximum atomic E-state index is 12.6. The molecule has 0 aliphatic heterocycles. The monoisotopic (exact) mass is 388 g/mol. The van der Waals surface area contributed by atoms with Crippen molar-refractivity contribution in [1.82, 2.24) is 9.78 Å². The van der Waals surface area contributed by atoms with Crippen molar-refractivity contribution in [3.8, 4) is 5.75 Å². The summed E-state index contributed by atoms with van der Waals surface area (Å²) in [5, 5.41) is 15.3. The molecule has 9 nitrogen and oxygen atoms in total. The average Bonchev–Trinajstić information content (AvgIpc) is 3.08. The Balaban J connectivity index is 1.84. The molecule has 0 aliphatic rings. The van der Waals surface area contributed by atoms with Crippen LogP contribution in [0.5, 0.6) is 5.75 Å². The van der Waals surface area contributed by atoms with Crippen molar-refractivity contribution in [3.05, 3.63) is 76.6 Å². The quantitative estimate of drug-likeness (QED) is 0.491. The molecule has 27 heavy (non-hydrogen) atoms. The number of ether oxygens (including phenoxy) is 1. The maximum Gasteiger partial charge on any atom is 0.293 e. The predicted molar refractivity (Wildman–Crippen MR) is 98.2 cm³/mol. The molecule has 1 N–H and O–H groups in total. The van der Waals surface area contributed by atoms with Crippen molar-refractivity contribution < 1.29 is 18.1 Å². The fourth-order valence-corrected chi connectivity index (χ4v) is 3.66. The summed E-state index contributed by atoms with van der Waals surface area (Å²) < 4.78 is 34.0. The summed E-state index contributed by atoms with van der Waals surface area (Å²) >= 11 is 0.